The van der Waals surface area contributed by atoms with Crippen LogP contribution in [-0.4, -0.2) is 38.2 Å². The summed E-state index contributed by atoms with van der Waals surface area (Å²) in [4.78, 5) is 34.3. The number of ether oxygens (including phenoxy) is 2. The zero-order valence-corrected chi connectivity index (χ0v) is 13.8. The molecule has 0 aromatic heterocycles. The SMILES string of the molecule is CCCCNC(=O)NC(=O)COC(=O)/C=C/c1ccc(OC)cc1. The van der Waals surface area contributed by atoms with Crippen LogP contribution < -0.4 is 15.4 Å². The Morgan fingerprint density at radius 2 is 1.88 bits per heavy atom. The number of carbonyl (C=O) groups is 3. The predicted molar refractivity (Wildman–Crippen MR) is 89.4 cm³/mol. The number of hydrogen-bond donors (Lipinski definition) is 2. The van der Waals surface area contributed by atoms with Gasteiger partial charge in [0.1, 0.15) is 5.75 Å². The predicted octanol–water partition coefficient (Wildman–Crippen LogP) is 1.88. The van der Waals surface area contributed by atoms with Crippen molar-refractivity contribution in [2.75, 3.05) is 20.3 Å². The number of esters is 1. The van der Waals surface area contributed by atoms with Gasteiger partial charge in [0.2, 0.25) is 0 Å². The third kappa shape index (κ3) is 7.98. The Balaban J connectivity index is 2.30. The molecule has 0 unspecified atom stereocenters. The molecule has 0 aliphatic rings. The fourth-order valence-corrected chi connectivity index (χ4v) is 1.65. The molecule has 0 heterocycles. The van der Waals surface area contributed by atoms with Crippen molar-refractivity contribution < 1.29 is 23.9 Å². The van der Waals surface area contributed by atoms with Crippen LogP contribution in [0.5, 0.6) is 5.75 Å². The van der Waals surface area contributed by atoms with Crippen LogP contribution in [0.2, 0.25) is 0 Å². The van der Waals surface area contributed by atoms with Gasteiger partial charge in [0.25, 0.3) is 5.91 Å². The van der Waals surface area contributed by atoms with Crippen molar-refractivity contribution in [2.24, 2.45) is 0 Å². The first-order valence-electron chi connectivity index (χ1n) is 7.61. The highest BCUT2D eigenvalue weighted by Crippen LogP contribution is 2.12. The molecule has 1 rings (SSSR count). The van der Waals surface area contributed by atoms with E-state index in [0.29, 0.717) is 12.3 Å². The number of imide groups is 1. The Morgan fingerprint density at radius 3 is 2.50 bits per heavy atom. The van der Waals surface area contributed by atoms with Gasteiger partial charge >= 0.3 is 12.0 Å². The zero-order valence-electron chi connectivity index (χ0n) is 13.8. The van der Waals surface area contributed by atoms with Crippen LogP contribution in [0, 0.1) is 0 Å². The molecule has 1 aromatic rings. The van der Waals surface area contributed by atoms with Crippen molar-refractivity contribution in [3.63, 3.8) is 0 Å². The molecule has 0 fully saturated rings. The van der Waals surface area contributed by atoms with Crippen molar-refractivity contribution >= 4 is 24.0 Å². The van der Waals surface area contributed by atoms with Crippen molar-refractivity contribution in [3.8, 4) is 5.75 Å². The Hall–Kier alpha value is -2.83. The van der Waals surface area contributed by atoms with E-state index in [4.69, 9.17) is 9.47 Å². The third-order valence-corrected chi connectivity index (χ3v) is 2.94. The minimum Gasteiger partial charge on any atom is -0.497 e. The van der Waals surface area contributed by atoms with Crippen molar-refractivity contribution in [1.29, 1.82) is 0 Å². The molecule has 24 heavy (non-hydrogen) atoms. The summed E-state index contributed by atoms with van der Waals surface area (Å²) in [5.74, 6) is -0.647. The highest BCUT2D eigenvalue weighted by Gasteiger charge is 2.08. The fourth-order valence-electron chi connectivity index (χ4n) is 1.65. The number of unbranched alkanes of at least 4 members (excludes halogenated alkanes) is 1. The zero-order chi connectivity index (χ0) is 17.8. The summed E-state index contributed by atoms with van der Waals surface area (Å²) in [7, 11) is 1.57. The van der Waals surface area contributed by atoms with Gasteiger partial charge in [-0.15, -0.1) is 0 Å². The Morgan fingerprint density at radius 1 is 1.17 bits per heavy atom. The number of methoxy groups -OCH3 is 1. The van der Waals surface area contributed by atoms with Crippen molar-refractivity contribution in [2.45, 2.75) is 19.8 Å². The number of benzene rings is 1. The molecule has 0 spiro atoms. The average Bonchev–Trinajstić information content (AvgIpc) is 2.58. The van der Waals surface area contributed by atoms with Crippen LogP contribution in [0.3, 0.4) is 0 Å². The van der Waals surface area contributed by atoms with E-state index in [1.165, 1.54) is 6.08 Å². The van der Waals surface area contributed by atoms with Gasteiger partial charge in [-0.1, -0.05) is 25.5 Å². The van der Waals surface area contributed by atoms with Gasteiger partial charge in [-0.3, -0.25) is 10.1 Å². The second-order valence-corrected chi connectivity index (χ2v) is 4.87. The van der Waals surface area contributed by atoms with Crippen LogP contribution in [0.4, 0.5) is 4.79 Å². The number of urea groups is 1. The van der Waals surface area contributed by atoms with Crippen LogP contribution in [0.15, 0.2) is 30.3 Å². The molecule has 0 atom stereocenters. The normalized spacial score (nSPS) is 10.2. The largest absolute Gasteiger partial charge is 0.497 e. The first-order chi connectivity index (χ1) is 11.5. The molecule has 0 radical (unpaired) electrons. The molecule has 0 bridgehead atoms. The molecular formula is C17H22N2O5. The molecule has 130 valence electrons. The van der Waals surface area contributed by atoms with E-state index >= 15 is 0 Å². The van der Waals surface area contributed by atoms with Gasteiger partial charge in [0, 0.05) is 12.6 Å². The van der Waals surface area contributed by atoms with Gasteiger partial charge in [-0.05, 0) is 30.2 Å². The lowest BCUT2D eigenvalue weighted by atomic mass is 10.2. The molecule has 2 N–H and O–H groups in total. The lowest BCUT2D eigenvalue weighted by Crippen LogP contribution is -2.41. The van der Waals surface area contributed by atoms with Crippen LogP contribution in [-0.2, 0) is 14.3 Å². The van der Waals surface area contributed by atoms with Crippen LogP contribution >= 0.6 is 0 Å². The summed E-state index contributed by atoms with van der Waals surface area (Å²) in [6, 6.07) is 6.47. The Bertz CT molecular complexity index is 581. The molecule has 7 nitrogen and oxygen atoms in total. The smallest absolute Gasteiger partial charge is 0.331 e. The van der Waals surface area contributed by atoms with Gasteiger partial charge in [-0.2, -0.15) is 0 Å². The minimum absolute atomic E-state index is 0.486. The maximum atomic E-state index is 11.5. The minimum atomic E-state index is -0.685. The van der Waals surface area contributed by atoms with E-state index in [1.807, 2.05) is 6.92 Å². The lowest BCUT2D eigenvalue weighted by Gasteiger charge is -2.06. The molecule has 3 amide bonds. The summed E-state index contributed by atoms with van der Waals surface area (Å²) in [5, 5.41) is 4.60. The summed E-state index contributed by atoms with van der Waals surface area (Å²) in [6.45, 7) is 1.95. The second-order valence-electron chi connectivity index (χ2n) is 4.87. The van der Waals surface area contributed by atoms with Gasteiger partial charge in [0.15, 0.2) is 6.61 Å². The molecule has 0 aliphatic heterocycles. The molecule has 0 aliphatic carbocycles. The molecule has 0 saturated heterocycles. The topological polar surface area (TPSA) is 93.7 Å². The van der Waals surface area contributed by atoms with Crippen molar-refractivity contribution in [1.82, 2.24) is 10.6 Å². The standard InChI is InChI=1S/C17H22N2O5/c1-3-4-11-18-17(22)19-15(20)12-24-16(21)10-7-13-5-8-14(23-2)9-6-13/h5-10H,3-4,11-12H2,1-2H3,(H2,18,19,20,22)/b10-7+. The Labute approximate surface area is 141 Å². The van der Waals surface area contributed by atoms with Crippen molar-refractivity contribution in [3.05, 3.63) is 35.9 Å². The molecular weight excluding hydrogens is 312 g/mol. The average molecular weight is 334 g/mol. The highest BCUT2D eigenvalue weighted by molar-refractivity contribution is 5.96. The maximum absolute atomic E-state index is 11.5. The summed E-state index contributed by atoms with van der Waals surface area (Å²) in [6.07, 6.45) is 4.52. The quantitative estimate of drug-likeness (QED) is 0.430. The number of carbonyl (C=O) groups excluding carboxylic acids is 3. The Kier molecular flexibility index (Phi) is 8.67. The summed E-state index contributed by atoms with van der Waals surface area (Å²) < 4.78 is 9.78. The monoisotopic (exact) mass is 334 g/mol. The first-order valence-corrected chi connectivity index (χ1v) is 7.61. The van der Waals surface area contributed by atoms with E-state index in [2.05, 4.69) is 10.6 Å². The number of amides is 3. The first kappa shape index (κ1) is 19.2. The van der Waals surface area contributed by atoms with E-state index in [-0.39, 0.29) is 0 Å². The number of nitrogens with one attached hydrogen (secondary N) is 2. The summed E-state index contributed by atoms with van der Waals surface area (Å²) in [5.41, 5.74) is 0.785. The third-order valence-electron chi connectivity index (χ3n) is 2.94. The van der Waals surface area contributed by atoms with E-state index in [9.17, 15) is 14.4 Å². The van der Waals surface area contributed by atoms with E-state index < -0.39 is 24.5 Å². The number of hydrogen-bond acceptors (Lipinski definition) is 5. The van der Waals surface area contributed by atoms with Gasteiger partial charge in [0.05, 0.1) is 7.11 Å². The van der Waals surface area contributed by atoms with Gasteiger partial charge < -0.3 is 14.8 Å². The van der Waals surface area contributed by atoms with E-state index in [1.54, 1.807) is 37.5 Å². The fraction of sp³-hybridized carbons (Fsp3) is 0.353. The van der Waals surface area contributed by atoms with E-state index in [0.717, 1.165) is 18.4 Å². The second kappa shape index (κ2) is 10.8. The summed E-state index contributed by atoms with van der Waals surface area (Å²) >= 11 is 0. The highest BCUT2D eigenvalue weighted by atomic mass is 16.5. The maximum Gasteiger partial charge on any atom is 0.331 e. The molecule has 1 aromatic carbocycles. The molecule has 7 heteroatoms. The molecule has 0 saturated carbocycles. The van der Waals surface area contributed by atoms with Crippen LogP contribution in [0.1, 0.15) is 25.3 Å². The number of rotatable bonds is 8. The van der Waals surface area contributed by atoms with Crippen LogP contribution in [0.25, 0.3) is 6.08 Å². The lowest BCUT2D eigenvalue weighted by molar-refractivity contribution is -0.143. The van der Waals surface area contributed by atoms with Gasteiger partial charge in [-0.25, -0.2) is 9.59 Å².